The van der Waals surface area contributed by atoms with Crippen LogP contribution in [-0.4, -0.2) is 16.9 Å². The molecule has 0 aliphatic carbocycles. The average molecular weight is 393 g/mol. The molecule has 1 radical (unpaired) electrons. The van der Waals surface area contributed by atoms with Gasteiger partial charge in [0.1, 0.15) is 0 Å². The Morgan fingerprint density at radius 3 is 2.56 bits per heavy atom. The summed E-state index contributed by atoms with van der Waals surface area (Å²) in [5, 5.41) is 4.36. The van der Waals surface area contributed by atoms with Crippen LogP contribution in [0.1, 0.15) is 11.3 Å². The minimum absolute atomic E-state index is 0. The number of hydrogen-bond donors (Lipinski definition) is 0. The number of rotatable bonds is 2. The van der Waals surface area contributed by atoms with Crippen molar-refractivity contribution in [1.82, 2.24) is 9.78 Å². The van der Waals surface area contributed by atoms with E-state index >= 15 is 0 Å². The fourth-order valence-electron chi connectivity index (χ4n) is 1.50. The quantitative estimate of drug-likeness (QED) is 0.732. The standard InChI is InChI=1S/C12H13N2O.Ir/c1-9-10(2)14(13-12(9)15-3)11-7-5-4-6-8-11;/h4-7H,1-3H3;/q-1;. The van der Waals surface area contributed by atoms with E-state index in [0.29, 0.717) is 5.88 Å². The zero-order chi connectivity index (χ0) is 10.8. The summed E-state index contributed by atoms with van der Waals surface area (Å²) in [5.74, 6) is 0.671. The first-order chi connectivity index (χ1) is 7.24. The number of benzene rings is 1. The molecule has 0 N–H and O–H groups in total. The molecule has 1 aromatic heterocycles. The third-order valence-corrected chi connectivity index (χ3v) is 2.49. The Morgan fingerprint density at radius 2 is 2.06 bits per heavy atom. The van der Waals surface area contributed by atoms with E-state index in [-0.39, 0.29) is 20.1 Å². The summed E-state index contributed by atoms with van der Waals surface area (Å²) in [5.41, 5.74) is 3.07. The number of methoxy groups -OCH3 is 1. The molecule has 0 amide bonds. The summed E-state index contributed by atoms with van der Waals surface area (Å²) >= 11 is 0. The second kappa shape index (κ2) is 5.28. The Labute approximate surface area is 109 Å². The van der Waals surface area contributed by atoms with Gasteiger partial charge in [-0.2, -0.15) is 24.3 Å². The van der Waals surface area contributed by atoms with Gasteiger partial charge in [0.25, 0.3) is 0 Å². The van der Waals surface area contributed by atoms with Gasteiger partial charge in [-0.1, -0.05) is 0 Å². The normalized spacial score (nSPS) is 9.69. The van der Waals surface area contributed by atoms with Crippen molar-refractivity contribution in [2.24, 2.45) is 0 Å². The Hall–Kier alpha value is -1.12. The average Bonchev–Trinajstić information content (AvgIpc) is 2.57. The van der Waals surface area contributed by atoms with Gasteiger partial charge < -0.3 is 4.74 Å². The number of aromatic nitrogens is 2. The maximum atomic E-state index is 5.18. The predicted octanol–water partition coefficient (Wildman–Crippen LogP) is 2.30. The maximum Gasteiger partial charge on any atom is 0.236 e. The van der Waals surface area contributed by atoms with Crippen LogP contribution in [0.2, 0.25) is 0 Å². The first kappa shape index (κ1) is 12.9. The molecule has 87 valence electrons. The van der Waals surface area contributed by atoms with Crippen LogP contribution in [0.15, 0.2) is 24.3 Å². The number of ether oxygens (including phenoxy) is 1. The van der Waals surface area contributed by atoms with Crippen LogP contribution < -0.4 is 4.74 Å². The number of para-hydroxylation sites is 1. The molecule has 2 rings (SSSR count). The number of hydrogen-bond acceptors (Lipinski definition) is 2. The van der Waals surface area contributed by atoms with Crippen molar-refractivity contribution in [2.45, 2.75) is 13.8 Å². The molecule has 3 nitrogen and oxygen atoms in total. The van der Waals surface area contributed by atoms with Crippen LogP contribution in [-0.2, 0) is 20.1 Å². The molecule has 0 fully saturated rings. The first-order valence-corrected chi connectivity index (χ1v) is 4.81. The summed E-state index contributed by atoms with van der Waals surface area (Å²) in [4.78, 5) is 0. The van der Waals surface area contributed by atoms with Gasteiger partial charge in [-0.15, -0.1) is 11.2 Å². The van der Waals surface area contributed by atoms with Crippen molar-refractivity contribution in [3.63, 3.8) is 0 Å². The van der Waals surface area contributed by atoms with E-state index < -0.39 is 0 Å². The Morgan fingerprint density at radius 1 is 1.31 bits per heavy atom. The summed E-state index contributed by atoms with van der Waals surface area (Å²) < 4.78 is 7.02. The molecule has 2 aromatic rings. The van der Waals surface area contributed by atoms with Crippen LogP contribution in [0, 0.1) is 19.9 Å². The minimum atomic E-state index is 0. The molecule has 16 heavy (non-hydrogen) atoms. The predicted molar refractivity (Wildman–Crippen MR) is 58.4 cm³/mol. The van der Waals surface area contributed by atoms with Gasteiger partial charge in [0, 0.05) is 31.4 Å². The molecule has 0 bridgehead atoms. The SMILES string of the molecule is COc1nn(-c2[c-]cccc2)c(C)c1C.[Ir]. The second-order valence-electron chi connectivity index (χ2n) is 3.38. The maximum absolute atomic E-state index is 5.18. The molecule has 0 saturated heterocycles. The molecule has 0 atom stereocenters. The number of nitrogens with zero attached hydrogens (tertiary/aromatic N) is 2. The van der Waals surface area contributed by atoms with Crippen LogP contribution in [0.25, 0.3) is 5.69 Å². The fourth-order valence-corrected chi connectivity index (χ4v) is 1.50. The summed E-state index contributed by atoms with van der Waals surface area (Å²) in [6, 6.07) is 10.9. The van der Waals surface area contributed by atoms with Crippen LogP contribution in [0.4, 0.5) is 0 Å². The van der Waals surface area contributed by atoms with E-state index in [4.69, 9.17) is 4.74 Å². The summed E-state index contributed by atoms with van der Waals surface area (Å²) in [6.45, 7) is 4.02. The van der Waals surface area contributed by atoms with Crippen LogP contribution in [0.5, 0.6) is 5.88 Å². The Kier molecular flexibility index (Phi) is 4.27. The van der Waals surface area contributed by atoms with Crippen molar-refractivity contribution in [3.05, 3.63) is 41.6 Å². The molecule has 0 unspecified atom stereocenters. The van der Waals surface area contributed by atoms with Gasteiger partial charge in [0.05, 0.1) is 7.11 Å². The zero-order valence-electron chi connectivity index (χ0n) is 9.45. The monoisotopic (exact) mass is 394 g/mol. The summed E-state index contributed by atoms with van der Waals surface area (Å²) in [6.07, 6.45) is 0. The van der Waals surface area contributed by atoms with Crippen LogP contribution >= 0.6 is 0 Å². The topological polar surface area (TPSA) is 27.1 Å². The molecule has 1 aromatic carbocycles. The fraction of sp³-hybridized carbons (Fsp3) is 0.250. The molecule has 0 aliphatic rings. The molecular weight excluding hydrogens is 380 g/mol. The Balaban J connectivity index is 0.00000128. The molecule has 0 aliphatic heterocycles. The smallest absolute Gasteiger partial charge is 0.236 e. The van der Waals surface area contributed by atoms with Crippen molar-refractivity contribution < 1.29 is 24.8 Å². The molecule has 4 heteroatoms. The molecule has 0 saturated carbocycles. The van der Waals surface area contributed by atoms with Crippen molar-refractivity contribution in [2.75, 3.05) is 7.11 Å². The van der Waals surface area contributed by atoms with Crippen molar-refractivity contribution >= 4 is 0 Å². The van der Waals surface area contributed by atoms with Gasteiger partial charge in [0.2, 0.25) is 5.88 Å². The van der Waals surface area contributed by atoms with E-state index in [1.807, 2.05) is 42.8 Å². The Bertz CT molecular complexity index is 465. The molecule has 1 heterocycles. The minimum Gasteiger partial charge on any atom is -0.480 e. The van der Waals surface area contributed by atoms with Gasteiger partial charge in [-0.3, -0.25) is 4.68 Å². The van der Waals surface area contributed by atoms with E-state index in [2.05, 4.69) is 11.2 Å². The van der Waals surface area contributed by atoms with Gasteiger partial charge in [0.15, 0.2) is 0 Å². The first-order valence-electron chi connectivity index (χ1n) is 4.81. The van der Waals surface area contributed by atoms with Gasteiger partial charge >= 0.3 is 0 Å². The summed E-state index contributed by atoms with van der Waals surface area (Å²) in [7, 11) is 1.63. The van der Waals surface area contributed by atoms with Crippen LogP contribution in [0.3, 0.4) is 0 Å². The van der Waals surface area contributed by atoms with Gasteiger partial charge in [-0.25, -0.2) is 0 Å². The third kappa shape index (κ3) is 2.18. The van der Waals surface area contributed by atoms with Gasteiger partial charge in [-0.05, 0) is 19.5 Å². The van der Waals surface area contributed by atoms with E-state index in [0.717, 1.165) is 16.9 Å². The van der Waals surface area contributed by atoms with E-state index in [1.54, 1.807) is 7.11 Å². The van der Waals surface area contributed by atoms with Crippen molar-refractivity contribution in [3.8, 4) is 11.6 Å². The zero-order valence-corrected chi connectivity index (χ0v) is 11.8. The second-order valence-corrected chi connectivity index (χ2v) is 3.38. The van der Waals surface area contributed by atoms with E-state index in [9.17, 15) is 0 Å². The van der Waals surface area contributed by atoms with Crippen molar-refractivity contribution in [1.29, 1.82) is 0 Å². The third-order valence-electron chi connectivity index (χ3n) is 2.49. The largest absolute Gasteiger partial charge is 0.480 e. The molecule has 0 spiro atoms. The van der Waals surface area contributed by atoms with E-state index in [1.165, 1.54) is 0 Å². The molecular formula is C12H13IrN2O-.